The van der Waals surface area contributed by atoms with E-state index in [-0.39, 0.29) is 55.7 Å². The number of aliphatic imine (C=N–C) groups is 1. The summed E-state index contributed by atoms with van der Waals surface area (Å²) in [6.07, 6.45) is 5.79. The molecule has 1 aliphatic rings. The molecule has 0 spiro atoms. The Hall–Kier alpha value is -6.37. The third-order valence-corrected chi connectivity index (χ3v) is 10.6. The number of nitrogens with two attached hydrogens (primary N) is 3. The van der Waals surface area contributed by atoms with Crippen LogP contribution in [0.3, 0.4) is 0 Å². The van der Waals surface area contributed by atoms with Gasteiger partial charge < -0.3 is 53.3 Å². The largest absolute Gasteiger partial charge is 0.370 e. The molecule has 0 bridgehead atoms. The van der Waals surface area contributed by atoms with E-state index in [4.69, 9.17) is 17.2 Å². The molecule has 12 N–H and O–H groups in total. The lowest BCUT2D eigenvalue weighted by Gasteiger charge is -2.35. The molecule has 1 aliphatic heterocycles. The van der Waals surface area contributed by atoms with Gasteiger partial charge in [0.05, 0.1) is 12.1 Å². The molecule has 0 unspecified atom stereocenters. The fraction of sp³-hybridized carbons (Fsp3) is 0.385. The second-order valence-corrected chi connectivity index (χ2v) is 15.1. The Labute approximate surface area is 339 Å². The molecule has 2 aromatic heterocycles. The minimum absolute atomic E-state index is 0.0120. The summed E-state index contributed by atoms with van der Waals surface area (Å²) in [6, 6.07) is 11.6. The van der Waals surface area contributed by atoms with E-state index in [1.54, 1.807) is 30.5 Å². The summed E-state index contributed by atoms with van der Waals surface area (Å²) in [7, 11) is 0. The number of aromatic amines is 2. The summed E-state index contributed by atoms with van der Waals surface area (Å²) < 4.78 is 0. The first kappa shape index (κ1) is 42.8. The van der Waals surface area contributed by atoms with Crippen molar-refractivity contribution in [3.8, 4) is 0 Å². The molecule has 18 nitrogen and oxygen atoms in total. The van der Waals surface area contributed by atoms with Gasteiger partial charge in [-0.05, 0) is 30.0 Å². The topological polar surface area (TPSA) is 289 Å². The Bertz CT molecular complexity index is 2070. The molecule has 1 fully saturated rings. The number of aromatic nitrogens is 3. The lowest BCUT2D eigenvalue weighted by molar-refractivity contribution is -0.138. The highest BCUT2D eigenvalue weighted by molar-refractivity contribution is 8.00. The van der Waals surface area contributed by atoms with Crippen molar-refractivity contribution in [2.75, 3.05) is 24.6 Å². The molecular formula is C39H50N12O6S. The smallest absolute Gasteiger partial charge is 0.243 e. The number of hydrogen-bond acceptors (Lipinski definition) is 9. The number of nitrogens with zero attached hydrogens (tertiary/aromatic N) is 3. The summed E-state index contributed by atoms with van der Waals surface area (Å²) in [5.74, 6) is -3.55. The van der Waals surface area contributed by atoms with E-state index in [1.807, 2.05) is 30.3 Å². The van der Waals surface area contributed by atoms with E-state index in [1.165, 1.54) is 24.3 Å². The molecule has 58 heavy (non-hydrogen) atoms. The van der Waals surface area contributed by atoms with Crippen LogP contribution in [0.15, 0.2) is 78.3 Å². The second kappa shape index (κ2) is 20.7. The average molecular weight is 815 g/mol. The molecular weight excluding hydrogens is 765 g/mol. The zero-order chi connectivity index (χ0) is 41.6. The number of para-hydroxylation sites is 1. The van der Waals surface area contributed by atoms with Crippen LogP contribution in [-0.4, -0.2) is 116 Å². The number of nitrogens with one attached hydrogen (secondary N) is 6. The summed E-state index contributed by atoms with van der Waals surface area (Å²) in [5.41, 5.74) is 20.0. The van der Waals surface area contributed by atoms with Crippen molar-refractivity contribution in [1.29, 1.82) is 0 Å². The first-order chi connectivity index (χ1) is 27.9. The number of benzene rings is 2. The Morgan fingerprint density at radius 3 is 2.40 bits per heavy atom. The number of rotatable bonds is 17. The van der Waals surface area contributed by atoms with Crippen molar-refractivity contribution in [2.24, 2.45) is 22.2 Å². The number of thioether (sulfide) groups is 1. The number of amides is 6. The van der Waals surface area contributed by atoms with Gasteiger partial charge in [0.15, 0.2) is 5.96 Å². The van der Waals surface area contributed by atoms with Crippen molar-refractivity contribution in [3.63, 3.8) is 0 Å². The van der Waals surface area contributed by atoms with E-state index in [2.05, 4.69) is 41.2 Å². The molecule has 0 radical (unpaired) electrons. The van der Waals surface area contributed by atoms with Crippen molar-refractivity contribution in [1.82, 2.24) is 41.1 Å². The van der Waals surface area contributed by atoms with Crippen LogP contribution in [-0.2, 0) is 48.0 Å². The maximum absolute atomic E-state index is 14.1. The standard InChI is InChI=1S/C39H50N12O6S/c1-23(52)47-31(16-27-18-43-22-46-27)37(56)49-30(14-24-8-3-2-4-9-24)36(55)50-32-20-58-21-34(53)51(19-26(48-38(32)57)10-7-13-44-39(41)42)33(35(40)54)15-25-17-45-29-12-6-5-11-28(25)29/h2-6,8-9,11-12,17-18,22,26,30-33,45H,7,10,13-16,19-21H2,1H3,(H2,40,54)(H,43,46)(H,47,52)(H,48,57)(H,49,56)(H,50,55)(H4,41,42,44)/t26-,30+,31-,32+,33-/m0/s1. The minimum atomic E-state index is -1.16. The van der Waals surface area contributed by atoms with Crippen LogP contribution in [0.1, 0.15) is 36.6 Å². The third kappa shape index (κ3) is 12.3. The van der Waals surface area contributed by atoms with Crippen LogP contribution in [0.5, 0.6) is 0 Å². The Balaban J connectivity index is 1.36. The van der Waals surface area contributed by atoms with E-state index in [0.29, 0.717) is 18.5 Å². The SMILES string of the molecule is CC(=O)N[C@@H](Cc1cnc[nH]1)C(=O)N[C@H](Cc1ccccc1)C(=O)N[C@@H]1CSCC(=O)N([C@@H](Cc2c[nH]c3ccccc23)C(N)=O)C[C@H](CCCN=C(N)N)NC1=O. The van der Waals surface area contributed by atoms with Crippen LogP contribution < -0.4 is 38.5 Å². The van der Waals surface area contributed by atoms with Gasteiger partial charge in [0.25, 0.3) is 0 Å². The Morgan fingerprint density at radius 1 is 0.948 bits per heavy atom. The number of hydrogen-bond donors (Lipinski definition) is 9. The summed E-state index contributed by atoms with van der Waals surface area (Å²) in [6.45, 7) is 1.47. The molecule has 0 saturated carbocycles. The predicted octanol–water partition coefficient (Wildman–Crippen LogP) is -0.639. The number of H-pyrrole nitrogens is 2. The Morgan fingerprint density at radius 2 is 1.69 bits per heavy atom. The molecule has 2 aromatic carbocycles. The maximum atomic E-state index is 14.1. The average Bonchev–Trinajstić information content (AvgIpc) is 3.86. The lowest BCUT2D eigenvalue weighted by atomic mass is 10.0. The number of carbonyl (C=O) groups is 6. The highest BCUT2D eigenvalue weighted by Gasteiger charge is 2.35. The monoisotopic (exact) mass is 814 g/mol. The van der Waals surface area contributed by atoms with Gasteiger partial charge in [-0.3, -0.25) is 33.8 Å². The predicted molar refractivity (Wildman–Crippen MR) is 220 cm³/mol. The molecule has 19 heteroatoms. The van der Waals surface area contributed by atoms with Crippen molar-refractivity contribution >= 4 is 64.1 Å². The normalized spacial score (nSPS) is 17.6. The fourth-order valence-corrected chi connectivity index (χ4v) is 7.70. The molecule has 0 aliphatic carbocycles. The van der Waals surface area contributed by atoms with Crippen molar-refractivity contribution < 1.29 is 28.8 Å². The molecule has 4 aromatic rings. The number of imidazole rings is 1. The fourth-order valence-electron chi connectivity index (χ4n) is 6.77. The van der Waals surface area contributed by atoms with Crippen LogP contribution in [0, 0.1) is 0 Å². The van der Waals surface area contributed by atoms with Crippen LogP contribution in [0.4, 0.5) is 0 Å². The molecule has 308 valence electrons. The lowest BCUT2D eigenvalue weighted by Crippen LogP contribution is -2.60. The van der Waals surface area contributed by atoms with Gasteiger partial charge in [-0.2, -0.15) is 0 Å². The van der Waals surface area contributed by atoms with Crippen LogP contribution in [0.2, 0.25) is 0 Å². The third-order valence-electron chi connectivity index (χ3n) is 9.61. The van der Waals surface area contributed by atoms with Gasteiger partial charge in [0.1, 0.15) is 24.2 Å². The van der Waals surface area contributed by atoms with E-state index >= 15 is 0 Å². The van der Waals surface area contributed by atoms with E-state index in [9.17, 15) is 28.8 Å². The van der Waals surface area contributed by atoms with Crippen LogP contribution in [0.25, 0.3) is 10.9 Å². The van der Waals surface area contributed by atoms with Crippen LogP contribution >= 0.6 is 11.8 Å². The minimum Gasteiger partial charge on any atom is -0.370 e. The number of guanidine groups is 1. The summed E-state index contributed by atoms with van der Waals surface area (Å²) >= 11 is 1.11. The molecule has 5 atom stereocenters. The van der Waals surface area contributed by atoms with Gasteiger partial charge in [-0.1, -0.05) is 48.5 Å². The number of carbonyl (C=O) groups excluding carboxylic acids is 6. The van der Waals surface area contributed by atoms with Gasteiger partial charge in [-0.25, -0.2) is 4.98 Å². The highest BCUT2D eigenvalue weighted by Crippen LogP contribution is 2.22. The summed E-state index contributed by atoms with van der Waals surface area (Å²) in [4.78, 5) is 96.5. The van der Waals surface area contributed by atoms with Gasteiger partial charge in [0, 0.05) is 80.1 Å². The molecule has 5 rings (SSSR count). The maximum Gasteiger partial charge on any atom is 0.243 e. The first-order valence-electron chi connectivity index (χ1n) is 18.8. The quantitative estimate of drug-likeness (QED) is 0.0369. The van der Waals surface area contributed by atoms with Gasteiger partial charge in [0.2, 0.25) is 35.4 Å². The highest BCUT2D eigenvalue weighted by atomic mass is 32.2. The van der Waals surface area contributed by atoms with E-state index in [0.717, 1.165) is 33.8 Å². The summed E-state index contributed by atoms with van der Waals surface area (Å²) in [5, 5.41) is 12.1. The molecule has 3 heterocycles. The molecule has 1 saturated heterocycles. The number of fused-ring (bicyclic) bond motifs is 1. The molecule has 6 amide bonds. The number of primary amides is 1. The van der Waals surface area contributed by atoms with Gasteiger partial charge in [-0.15, -0.1) is 11.8 Å². The van der Waals surface area contributed by atoms with Crippen molar-refractivity contribution in [2.45, 2.75) is 69.2 Å². The first-order valence-corrected chi connectivity index (χ1v) is 20.0. The van der Waals surface area contributed by atoms with E-state index < -0.39 is 59.7 Å². The zero-order valence-electron chi connectivity index (χ0n) is 32.1. The zero-order valence-corrected chi connectivity index (χ0v) is 32.9. The Kier molecular flexibility index (Phi) is 15.3. The van der Waals surface area contributed by atoms with Crippen molar-refractivity contribution in [3.05, 3.63) is 90.1 Å². The van der Waals surface area contributed by atoms with Gasteiger partial charge >= 0.3 is 0 Å². The second-order valence-electron chi connectivity index (χ2n) is 14.0.